The number of nitro groups is 1. The zero-order valence-corrected chi connectivity index (χ0v) is 11.0. The zero-order valence-electron chi connectivity index (χ0n) is 11.0. The van der Waals surface area contributed by atoms with E-state index in [9.17, 15) is 25.1 Å². The molecule has 2 unspecified atom stereocenters. The van der Waals surface area contributed by atoms with E-state index in [0.717, 1.165) is 12.1 Å². The number of benzene rings is 1. The minimum atomic E-state index is -1.42. The van der Waals surface area contributed by atoms with Gasteiger partial charge in [-0.2, -0.15) is 0 Å². The van der Waals surface area contributed by atoms with Crippen molar-refractivity contribution in [3.63, 3.8) is 0 Å². The molecule has 4 N–H and O–H groups in total. The molecule has 0 saturated carbocycles. The molecule has 20 heavy (non-hydrogen) atoms. The number of rotatable bonds is 6. The standard InChI is InChI=1S/C12H16N2O6/c1-6-8(12(17)18)3-7(4-9(6)14(19)20)11(16)10(15)5-13-2/h3-4,10-11,13,15-16H,5H2,1-2H3,(H,17,18). The van der Waals surface area contributed by atoms with Crippen LogP contribution < -0.4 is 5.32 Å². The fourth-order valence-corrected chi connectivity index (χ4v) is 1.85. The fraction of sp³-hybridized carbons (Fsp3) is 0.417. The van der Waals surface area contributed by atoms with Crippen molar-refractivity contribution in [1.29, 1.82) is 0 Å². The van der Waals surface area contributed by atoms with Gasteiger partial charge in [-0.05, 0) is 25.6 Å². The molecule has 0 aliphatic carbocycles. The van der Waals surface area contributed by atoms with Gasteiger partial charge in [0.25, 0.3) is 5.69 Å². The molecule has 0 fully saturated rings. The molecule has 1 aromatic carbocycles. The smallest absolute Gasteiger partial charge is 0.336 e. The van der Waals surface area contributed by atoms with Gasteiger partial charge in [-0.1, -0.05) is 0 Å². The Morgan fingerprint density at radius 3 is 2.50 bits per heavy atom. The van der Waals surface area contributed by atoms with E-state index in [1.54, 1.807) is 7.05 Å². The van der Waals surface area contributed by atoms with Gasteiger partial charge in [0.15, 0.2) is 0 Å². The van der Waals surface area contributed by atoms with Crippen molar-refractivity contribution in [2.45, 2.75) is 19.1 Å². The van der Waals surface area contributed by atoms with E-state index in [0.29, 0.717) is 0 Å². The van der Waals surface area contributed by atoms with Crippen molar-refractivity contribution >= 4 is 11.7 Å². The second-order valence-corrected chi connectivity index (χ2v) is 4.34. The molecule has 0 heterocycles. The molecular formula is C12H16N2O6. The van der Waals surface area contributed by atoms with Crippen LogP contribution in [0.15, 0.2) is 12.1 Å². The molecule has 0 aliphatic rings. The highest BCUT2D eigenvalue weighted by Crippen LogP contribution is 2.28. The van der Waals surface area contributed by atoms with Crippen LogP contribution in [0.25, 0.3) is 0 Å². The van der Waals surface area contributed by atoms with E-state index in [-0.39, 0.29) is 23.2 Å². The van der Waals surface area contributed by atoms with Crippen LogP contribution in [0.1, 0.15) is 27.6 Å². The highest BCUT2D eigenvalue weighted by molar-refractivity contribution is 5.91. The topological polar surface area (TPSA) is 133 Å². The molecule has 1 rings (SSSR count). The maximum absolute atomic E-state index is 11.1. The Labute approximate surface area is 114 Å². The van der Waals surface area contributed by atoms with E-state index in [2.05, 4.69) is 5.32 Å². The predicted molar refractivity (Wildman–Crippen MR) is 69.7 cm³/mol. The van der Waals surface area contributed by atoms with Crippen LogP contribution in [0.3, 0.4) is 0 Å². The summed E-state index contributed by atoms with van der Waals surface area (Å²) < 4.78 is 0. The number of aromatic carboxylic acids is 1. The number of hydrogen-bond acceptors (Lipinski definition) is 6. The predicted octanol–water partition coefficient (Wildman–Crippen LogP) is 0.215. The van der Waals surface area contributed by atoms with Gasteiger partial charge < -0.3 is 20.6 Å². The first-order valence-electron chi connectivity index (χ1n) is 5.82. The summed E-state index contributed by atoms with van der Waals surface area (Å²) in [6.07, 6.45) is -2.62. The number of nitrogens with zero attached hydrogens (tertiary/aromatic N) is 1. The first-order chi connectivity index (χ1) is 9.29. The van der Waals surface area contributed by atoms with Crippen LogP contribution in [0, 0.1) is 17.0 Å². The SMILES string of the molecule is CNCC(O)C(O)c1cc(C(=O)O)c(C)c([N+](=O)[O-])c1. The molecule has 0 amide bonds. The molecule has 0 aliphatic heterocycles. The third-order valence-electron chi connectivity index (χ3n) is 2.95. The van der Waals surface area contributed by atoms with Gasteiger partial charge in [0.1, 0.15) is 6.10 Å². The summed E-state index contributed by atoms with van der Waals surface area (Å²) in [5.74, 6) is -1.33. The van der Waals surface area contributed by atoms with Gasteiger partial charge in [-0.25, -0.2) is 4.79 Å². The number of nitro benzene ring substituents is 1. The van der Waals surface area contributed by atoms with Crippen LogP contribution in [0.2, 0.25) is 0 Å². The Morgan fingerprint density at radius 1 is 1.45 bits per heavy atom. The lowest BCUT2D eigenvalue weighted by Crippen LogP contribution is -2.29. The summed E-state index contributed by atoms with van der Waals surface area (Å²) in [5.41, 5.74) is -0.690. The molecule has 0 aromatic heterocycles. The monoisotopic (exact) mass is 284 g/mol. The second-order valence-electron chi connectivity index (χ2n) is 4.34. The molecule has 8 nitrogen and oxygen atoms in total. The lowest BCUT2D eigenvalue weighted by atomic mass is 9.97. The highest BCUT2D eigenvalue weighted by atomic mass is 16.6. The highest BCUT2D eigenvalue weighted by Gasteiger charge is 2.25. The number of carboxylic acid groups (broad SMARTS) is 1. The van der Waals surface area contributed by atoms with E-state index in [1.165, 1.54) is 6.92 Å². The fourth-order valence-electron chi connectivity index (χ4n) is 1.85. The van der Waals surface area contributed by atoms with Crippen molar-refractivity contribution in [2.24, 2.45) is 0 Å². The van der Waals surface area contributed by atoms with Crippen LogP contribution in [0.4, 0.5) is 5.69 Å². The van der Waals surface area contributed by atoms with Crippen LogP contribution >= 0.6 is 0 Å². The van der Waals surface area contributed by atoms with Crippen LogP contribution in [0.5, 0.6) is 0 Å². The van der Waals surface area contributed by atoms with E-state index < -0.39 is 28.8 Å². The quantitative estimate of drug-likeness (QED) is 0.433. The van der Waals surface area contributed by atoms with E-state index in [4.69, 9.17) is 5.11 Å². The molecule has 1 aromatic rings. The number of carbonyl (C=O) groups is 1. The van der Waals surface area contributed by atoms with Crippen molar-refractivity contribution in [3.8, 4) is 0 Å². The van der Waals surface area contributed by atoms with E-state index >= 15 is 0 Å². The van der Waals surface area contributed by atoms with Crippen LogP contribution in [-0.4, -0.2) is 45.9 Å². The molecule has 0 spiro atoms. The third-order valence-corrected chi connectivity index (χ3v) is 2.95. The molecular weight excluding hydrogens is 268 g/mol. The number of aliphatic hydroxyl groups excluding tert-OH is 2. The summed E-state index contributed by atoms with van der Waals surface area (Å²) in [5, 5.41) is 42.2. The van der Waals surface area contributed by atoms with Gasteiger partial charge in [-0.3, -0.25) is 10.1 Å². The van der Waals surface area contributed by atoms with Gasteiger partial charge >= 0.3 is 5.97 Å². The average molecular weight is 284 g/mol. The molecule has 110 valence electrons. The zero-order chi connectivity index (χ0) is 15.4. The Bertz CT molecular complexity index is 496. The minimum absolute atomic E-state index is 0.00144. The van der Waals surface area contributed by atoms with Gasteiger partial charge in [-0.15, -0.1) is 0 Å². The van der Waals surface area contributed by atoms with Gasteiger partial charge in [0.05, 0.1) is 16.6 Å². The normalized spacial score (nSPS) is 13.8. The lowest BCUT2D eigenvalue weighted by molar-refractivity contribution is -0.385. The summed E-state index contributed by atoms with van der Waals surface area (Å²) in [6, 6.07) is 2.21. The Hall–Kier alpha value is -2.03. The summed E-state index contributed by atoms with van der Waals surface area (Å²) in [6.45, 7) is 1.38. The van der Waals surface area contributed by atoms with Crippen molar-refractivity contribution in [1.82, 2.24) is 5.32 Å². The first-order valence-corrected chi connectivity index (χ1v) is 5.82. The van der Waals surface area contributed by atoms with Crippen LogP contribution in [-0.2, 0) is 0 Å². The minimum Gasteiger partial charge on any atom is -0.478 e. The number of carboxylic acids is 1. The Morgan fingerprint density at radius 2 is 2.05 bits per heavy atom. The molecule has 0 bridgehead atoms. The number of aliphatic hydroxyl groups is 2. The first kappa shape index (κ1) is 16.0. The number of hydrogen-bond donors (Lipinski definition) is 4. The van der Waals surface area contributed by atoms with Crippen molar-refractivity contribution in [3.05, 3.63) is 38.9 Å². The number of nitrogens with one attached hydrogen (secondary N) is 1. The lowest BCUT2D eigenvalue weighted by Gasteiger charge is -2.18. The summed E-state index contributed by atoms with van der Waals surface area (Å²) >= 11 is 0. The Balaban J connectivity index is 3.34. The molecule has 0 radical (unpaired) electrons. The maximum Gasteiger partial charge on any atom is 0.336 e. The molecule has 2 atom stereocenters. The molecule has 8 heteroatoms. The summed E-state index contributed by atoms with van der Waals surface area (Å²) in [4.78, 5) is 21.3. The van der Waals surface area contributed by atoms with Gasteiger partial charge in [0, 0.05) is 18.2 Å². The van der Waals surface area contributed by atoms with E-state index in [1.807, 2.05) is 0 Å². The van der Waals surface area contributed by atoms with Crippen molar-refractivity contribution < 1.29 is 25.0 Å². The number of likely N-dealkylation sites (N-methyl/N-ethyl adjacent to an activating group) is 1. The second kappa shape index (κ2) is 6.42. The Kier molecular flexibility index (Phi) is 5.14. The summed E-state index contributed by atoms with van der Waals surface area (Å²) in [7, 11) is 1.57. The maximum atomic E-state index is 11.1. The largest absolute Gasteiger partial charge is 0.478 e. The van der Waals surface area contributed by atoms with Crippen molar-refractivity contribution in [2.75, 3.05) is 13.6 Å². The van der Waals surface area contributed by atoms with Gasteiger partial charge in [0.2, 0.25) is 0 Å². The molecule has 0 saturated heterocycles. The third kappa shape index (κ3) is 3.29. The average Bonchev–Trinajstić information content (AvgIpc) is 2.37.